The van der Waals surface area contributed by atoms with Crippen molar-refractivity contribution in [2.45, 2.75) is 19.4 Å². The Morgan fingerprint density at radius 1 is 1.21 bits per heavy atom. The number of nitrogens with one attached hydrogen (secondary N) is 1. The summed E-state index contributed by atoms with van der Waals surface area (Å²) in [5, 5.41) is 3.43. The first kappa shape index (κ1) is 13.3. The number of benzene rings is 1. The predicted octanol–water partition coefficient (Wildman–Crippen LogP) is 3.86. The summed E-state index contributed by atoms with van der Waals surface area (Å²) in [4.78, 5) is 0. The van der Waals surface area contributed by atoms with Crippen LogP contribution in [0.1, 0.15) is 25.1 Å². The van der Waals surface area contributed by atoms with E-state index >= 15 is 0 Å². The lowest BCUT2D eigenvalue weighted by Crippen LogP contribution is -2.09. The van der Waals surface area contributed by atoms with Crippen molar-refractivity contribution in [2.24, 2.45) is 0 Å². The van der Waals surface area contributed by atoms with Gasteiger partial charge < -0.3 is 19.2 Å². The van der Waals surface area contributed by atoms with Gasteiger partial charge in [-0.25, -0.2) is 0 Å². The maximum absolute atomic E-state index is 5.45. The molecule has 102 valence electrons. The van der Waals surface area contributed by atoms with E-state index in [1.807, 2.05) is 30.3 Å². The number of hydrogen-bond acceptors (Lipinski definition) is 4. The van der Waals surface area contributed by atoms with Crippen LogP contribution in [0.4, 0.5) is 5.69 Å². The van der Waals surface area contributed by atoms with Gasteiger partial charge in [-0.05, 0) is 30.7 Å². The first-order chi connectivity index (χ1) is 9.28. The summed E-state index contributed by atoms with van der Waals surface area (Å²) in [6.45, 7) is 2.11. The molecule has 0 aliphatic rings. The van der Waals surface area contributed by atoms with E-state index in [2.05, 4.69) is 12.2 Å². The molecule has 0 aliphatic heterocycles. The quantitative estimate of drug-likeness (QED) is 0.857. The molecule has 0 aliphatic carbocycles. The lowest BCUT2D eigenvalue weighted by atomic mass is 10.1. The highest BCUT2D eigenvalue weighted by Gasteiger charge is 2.14. The van der Waals surface area contributed by atoms with Crippen LogP contribution in [-0.2, 0) is 0 Å². The van der Waals surface area contributed by atoms with E-state index in [4.69, 9.17) is 13.9 Å². The van der Waals surface area contributed by atoms with Crippen LogP contribution in [0.3, 0.4) is 0 Å². The van der Waals surface area contributed by atoms with Gasteiger partial charge in [-0.15, -0.1) is 0 Å². The van der Waals surface area contributed by atoms with Crippen molar-refractivity contribution in [1.29, 1.82) is 0 Å². The summed E-state index contributed by atoms with van der Waals surface area (Å²) in [5.74, 6) is 2.44. The maximum Gasteiger partial charge on any atom is 0.145 e. The van der Waals surface area contributed by atoms with Crippen LogP contribution in [0.5, 0.6) is 11.5 Å². The number of anilines is 1. The van der Waals surface area contributed by atoms with E-state index in [1.165, 1.54) is 0 Å². The molecule has 2 aromatic rings. The van der Waals surface area contributed by atoms with Gasteiger partial charge >= 0.3 is 0 Å². The summed E-state index contributed by atoms with van der Waals surface area (Å²) in [7, 11) is 3.29. The first-order valence-electron chi connectivity index (χ1n) is 6.30. The topological polar surface area (TPSA) is 43.6 Å². The van der Waals surface area contributed by atoms with Crippen LogP contribution >= 0.6 is 0 Å². The molecule has 1 heterocycles. The number of ether oxygens (including phenoxy) is 2. The molecule has 0 bridgehead atoms. The molecule has 4 nitrogen and oxygen atoms in total. The van der Waals surface area contributed by atoms with Crippen LogP contribution in [-0.4, -0.2) is 14.2 Å². The monoisotopic (exact) mass is 261 g/mol. The molecule has 0 spiro atoms. The Hall–Kier alpha value is -2.10. The SMILES string of the molecule is CCC(Nc1ccc(OC)cc1OC)c1ccco1. The van der Waals surface area contributed by atoms with E-state index < -0.39 is 0 Å². The van der Waals surface area contributed by atoms with Gasteiger partial charge in [0.05, 0.1) is 32.2 Å². The zero-order valence-corrected chi connectivity index (χ0v) is 11.5. The lowest BCUT2D eigenvalue weighted by Gasteiger charge is -2.18. The molecule has 19 heavy (non-hydrogen) atoms. The van der Waals surface area contributed by atoms with E-state index in [9.17, 15) is 0 Å². The highest BCUT2D eigenvalue weighted by atomic mass is 16.5. The number of hydrogen-bond donors (Lipinski definition) is 1. The average molecular weight is 261 g/mol. The lowest BCUT2D eigenvalue weighted by molar-refractivity contribution is 0.394. The molecular formula is C15H19NO3. The highest BCUT2D eigenvalue weighted by Crippen LogP contribution is 2.32. The standard InChI is InChI=1S/C15H19NO3/c1-4-12(14-6-5-9-19-14)16-13-8-7-11(17-2)10-15(13)18-3/h5-10,12,16H,4H2,1-3H3. The van der Waals surface area contributed by atoms with E-state index in [0.29, 0.717) is 0 Å². The van der Waals surface area contributed by atoms with Gasteiger partial charge in [-0.2, -0.15) is 0 Å². The van der Waals surface area contributed by atoms with Crippen molar-refractivity contribution in [2.75, 3.05) is 19.5 Å². The number of methoxy groups -OCH3 is 2. The summed E-state index contributed by atoms with van der Waals surface area (Å²) < 4.78 is 16.0. The highest BCUT2D eigenvalue weighted by molar-refractivity contribution is 5.60. The van der Waals surface area contributed by atoms with Crippen molar-refractivity contribution in [3.63, 3.8) is 0 Å². The molecule has 0 fully saturated rings. The fourth-order valence-electron chi connectivity index (χ4n) is 1.97. The van der Waals surface area contributed by atoms with Gasteiger partial charge in [0.25, 0.3) is 0 Å². The van der Waals surface area contributed by atoms with E-state index in [1.54, 1.807) is 20.5 Å². The fourth-order valence-corrected chi connectivity index (χ4v) is 1.97. The molecule has 1 aromatic carbocycles. The van der Waals surface area contributed by atoms with Crippen molar-refractivity contribution >= 4 is 5.69 Å². The van der Waals surface area contributed by atoms with Crippen molar-refractivity contribution in [3.05, 3.63) is 42.4 Å². The third-order valence-corrected chi connectivity index (χ3v) is 3.03. The number of rotatable bonds is 6. The summed E-state index contributed by atoms with van der Waals surface area (Å²) in [6.07, 6.45) is 2.60. The molecule has 0 saturated heterocycles. The predicted molar refractivity (Wildman–Crippen MR) is 74.9 cm³/mol. The summed E-state index contributed by atoms with van der Waals surface area (Å²) in [5.41, 5.74) is 0.923. The normalized spacial score (nSPS) is 11.9. The second kappa shape index (κ2) is 6.18. The molecular weight excluding hydrogens is 242 g/mol. The minimum absolute atomic E-state index is 0.122. The van der Waals surface area contributed by atoms with E-state index in [-0.39, 0.29) is 6.04 Å². The molecule has 1 N–H and O–H groups in total. The van der Waals surface area contributed by atoms with Crippen LogP contribution in [0.25, 0.3) is 0 Å². The van der Waals surface area contributed by atoms with Gasteiger partial charge in [0, 0.05) is 6.07 Å². The van der Waals surface area contributed by atoms with Crippen molar-refractivity contribution < 1.29 is 13.9 Å². The van der Waals surface area contributed by atoms with Gasteiger partial charge in [-0.1, -0.05) is 6.92 Å². The Labute approximate surface area is 113 Å². The van der Waals surface area contributed by atoms with Crippen molar-refractivity contribution in [1.82, 2.24) is 0 Å². The Morgan fingerprint density at radius 3 is 2.63 bits per heavy atom. The van der Waals surface area contributed by atoms with Gasteiger partial charge in [-0.3, -0.25) is 0 Å². The third-order valence-electron chi connectivity index (χ3n) is 3.03. The minimum Gasteiger partial charge on any atom is -0.497 e. The molecule has 1 aromatic heterocycles. The molecule has 0 saturated carbocycles. The van der Waals surface area contributed by atoms with Gasteiger partial charge in [0.1, 0.15) is 17.3 Å². The Bertz CT molecular complexity index is 508. The third kappa shape index (κ3) is 3.02. The van der Waals surface area contributed by atoms with Gasteiger partial charge in [0.15, 0.2) is 0 Å². The molecule has 0 amide bonds. The molecule has 2 rings (SSSR count). The van der Waals surface area contributed by atoms with Crippen LogP contribution in [0, 0.1) is 0 Å². The largest absolute Gasteiger partial charge is 0.497 e. The average Bonchev–Trinajstić information content (AvgIpc) is 2.98. The van der Waals surface area contributed by atoms with Crippen molar-refractivity contribution in [3.8, 4) is 11.5 Å². The Balaban J connectivity index is 2.22. The minimum atomic E-state index is 0.122. The Kier molecular flexibility index (Phi) is 4.34. The second-order valence-electron chi connectivity index (χ2n) is 4.19. The van der Waals surface area contributed by atoms with Crippen LogP contribution < -0.4 is 14.8 Å². The molecule has 1 atom stereocenters. The van der Waals surface area contributed by atoms with E-state index in [0.717, 1.165) is 29.4 Å². The Morgan fingerprint density at radius 2 is 2.05 bits per heavy atom. The molecule has 1 unspecified atom stereocenters. The molecule has 4 heteroatoms. The zero-order chi connectivity index (χ0) is 13.7. The second-order valence-corrected chi connectivity index (χ2v) is 4.19. The first-order valence-corrected chi connectivity index (χ1v) is 6.30. The fraction of sp³-hybridized carbons (Fsp3) is 0.333. The van der Waals surface area contributed by atoms with Gasteiger partial charge in [0.2, 0.25) is 0 Å². The summed E-state index contributed by atoms with van der Waals surface area (Å²) in [6, 6.07) is 9.69. The summed E-state index contributed by atoms with van der Waals surface area (Å²) >= 11 is 0. The van der Waals surface area contributed by atoms with Crippen LogP contribution in [0.15, 0.2) is 41.0 Å². The zero-order valence-electron chi connectivity index (χ0n) is 11.5. The maximum atomic E-state index is 5.45. The van der Waals surface area contributed by atoms with Crippen LogP contribution in [0.2, 0.25) is 0 Å². The molecule has 0 radical (unpaired) electrons. The number of furan rings is 1. The smallest absolute Gasteiger partial charge is 0.145 e.